The number of amides is 2. The molecule has 1 aliphatic heterocycles. The summed E-state index contributed by atoms with van der Waals surface area (Å²) >= 11 is 0. The highest BCUT2D eigenvalue weighted by molar-refractivity contribution is 5.79. The minimum absolute atomic E-state index is 0.199. The van der Waals surface area contributed by atoms with Gasteiger partial charge in [0.15, 0.2) is 0 Å². The largest absolute Gasteiger partial charge is 0.478 e. The van der Waals surface area contributed by atoms with Gasteiger partial charge >= 0.3 is 12.0 Å². The van der Waals surface area contributed by atoms with Crippen LogP contribution in [0, 0.1) is 6.92 Å². The van der Waals surface area contributed by atoms with E-state index in [0.717, 1.165) is 0 Å². The zero-order chi connectivity index (χ0) is 18.6. The first-order valence-electron chi connectivity index (χ1n) is 8.39. The molecule has 0 aromatic carbocycles. The van der Waals surface area contributed by atoms with Gasteiger partial charge in [-0.05, 0) is 31.2 Å². The first-order valence-corrected chi connectivity index (χ1v) is 8.39. The molecule has 8 heteroatoms. The summed E-state index contributed by atoms with van der Waals surface area (Å²) in [6, 6.07) is 6.68. The minimum atomic E-state index is -1.36. The molecule has 3 heterocycles. The normalized spacial score (nSPS) is 16.1. The molecule has 26 heavy (non-hydrogen) atoms. The van der Waals surface area contributed by atoms with Crippen LogP contribution in [-0.2, 0) is 11.3 Å². The molecule has 0 atom stereocenters. The van der Waals surface area contributed by atoms with E-state index in [4.69, 9.17) is 9.15 Å². The fourth-order valence-electron chi connectivity index (χ4n) is 2.91. The number of carbonyl (C=O) groups is 2. The number of piperidine rings is 1. The van der Waals surface area contributed by atoms with Crippen molar-refractivity contribution in [3.63, 3.8) is 0 Å². The summed E-state index contributed by atoms with van der Waals surface area (Å²) in [4.78, 5) is 29.8. The molecule has 1 fully saturated rings. The highest BCUT2D eigenvalue weighted by Crippen LogP contribution is 2.30. The van der Waals surface area contributed by atoms with Crippen molar-refractivity contribution < 1.29 is 23.8 Å². The van der Waals surface area contributed by atoms with Crippen molar-refractivity contribution in [2.24, 2.45) is 0 Å². The van der Waals surface area contributed by atoms with E-state index >= 15 is 0 Å². The molecule has 0 radical (unpaired) electrons. The molecule has 2 aromatic rings. The van der Waals surface area contributed by atoms with Crippen molar-refractivity contribution in [2.45, 2.75) is 31.9 Å². The molecule has 2 N–H and O–H groups in total. The van der Waals surface area contributed by atoms with Crippen LogP contribution in [0.25, 0.3) is 0 Å². The average molecular weight is 359 g/mol. The number of aliphatic carboxylic acids is 1. The Bertz CT molecular complexity index is 767. The van der Waals surface area contributed by atoms with Gasteiger partial charge in [0, 0.05) is 32.1 Å². The molecule has 3 rings (SSSR count). The number of pyridine rings is 1. The molecule has 8 nitrogen and oxygen atoms in total. The summed E-state index contributed by atoms with van der Waals surface area (Å²) in [5.74, 6) is 0.0765. The Morgan fingerprint density at radius 2 is 2.12 bits per heavy atom. The smallest absolute Gasteiger partial charge is 0.348 e. The highest BCUT2D eigenvalue weighted by atomic mass is 16.5. The van der Waals surface area contributed by atoms with E-state index in [-0.39, 0.29) is 38.5 Å². The lowest BCUT2D eigenvalue weighted by Crippen LogP contribution is -2.55. The van der Waals surface area contributed by atoms with Crippen molar-refractivity contribution in [2.75, 3.05) is 13.1 Å². The molecule has 0 unspecified atom stereocenters. The van der Waals surface area contributed by atoms with Gasteiger partial charge < -0.3 is 24.5 Å². The van der Waals surface area contributed by atoms with Crippen LogP contribution in [-0.4, -0.2) is 45.7 Å². The third-order valence-corrected chi connectivity index (χ3v) is 4.51. The highest BCUT2D eigenvalue weighted by Gasteiger charge is 2.45. The first kappa shape index (κ1) is 17.8. The van der Waals surface area contributed by atoms with Crippen LogP contribution >= 0.6 is 0 Å². The van der Waals surface area contributed by atoms with Crippen molar-refractivity contribution in [3.05, 3.63) is 48.2 Å². The molecule has 0 spiro atoms. The van der Waals surface area contributed by atoms with Gasteiger partial charge in [-0.15, -0.1) is 0 Å². The van der Waals surface area contributed by atoms with Gasteiger partial charge in [0.25, 0.3) is 0 Å². The van der Waals surface area contributed by atoms with Crippen LogP contribution in [0.1, 0.15) is 24.3 Å². The van der Waals surface area contributed by atoms with Crippen LogP contribution in [0.2, 0.25) is 0 Å². The van der Waals surface area contributed by atoms with E-state index in [9.17, 15) is 14.7 Å². The molecular weight excluding hydrogens is 338 g/mol. The maximum absolute atomic E-state index is 12.3. The number of likely N-dealkylation sites (tertiary alicyclic amines) is 1. The van der Waals surface area contributed by atoms with Gasteiger partial charge in [0.2, 0.25) is 5.60 Å². The fraction of sp³-hybridized carbons (Fsp3) is 0.389. The Hall–Kier alpha value is -3.03. The van der Waals surface area contributed by atoms with Gasteiger partial charge in [-0.3, -0.25) is 4.98 Å². The van der Waals surface area contributed by atoms with Crippen molar-refractivity contribution in [3.8, 4) is 5.75 Å². The minimum Gasteiger partial charge on any atom is -0.478 e. The Morgan fingerprint density at radius 1 is 1.35 bits per heavy atom. The summed E-state index contributed by atoms with van der Waals surface area (Å²) in [6.07, 6.45) is 3.57. The van der Waals surface area contributed by atoms with Crippen LogP contribution in [0.3, 0.4) is 0 Å². The Balaban J connectivity index is 1.61. The number of hydrogen-bond acceptors (Lipinski definition) is 5. The number of nitrogens with one attached hydrogen (secondary N) is 1. The fourth-order valence-corrected chi connectivity index (χ4v) is 2.91. The van der Waals surface area contributed by atoms with E-state index in [0.29, 0.717) is 17.2 Å². The van der Waals surface area contributed by atoms with Gasteiger partial charge in [-0.2, -0.15) is 0 Å². The molecule has 1 aliphatic rings. The zero-order valence-electron chi connectivity index (χ0n) is 14.5. The topological polar surface area (TPSA) is 105 Å². The summed E-state index contributed by atoms with van der Waals surface area (Å²) in [5.41, 5.74) is -0.724. The lowest BCUT2D eigenvalue weighted by molar-refractivity contribution is -0.159. The number of aromatic nitrogens is 1. The zero-order valence-corrected chi connectivity index (χ0v) is 14.5. The second-order valence-corrected chi connectivity index (χ2v) is 6.21. The van der Waals surface area contributed by atoms with Crippen molar-refractivity contribution >= 4 is 12.0 Å². The third-order valence-electron chi connectivity index (χ3n) is 4.51. The van der Waals surface area contributed by atoms with Crippen molar-refractivity contribution in [1.29, 1.82) is 0 Å². The van der Waals surface area contributed by atoms with E-state index in [2.05, 4.69) is 10.3 Å². The molecule has 0 bridgehead atoms. The van der Waals surface area contributed by atoms with E-state index in [1.54, 1.807) is 48.5 Å². The quantitative estimate of drug-likeness (QED) is 0.848. The standard InChI is InChI=1S/C18H21N3O5/c1-13-15(5-2-8-19-13)26-18(16(22)23)6-9-21(10-7-18)17(24)20-12-14-4-3-11-25-14/h2-5,8,11H,6-7,9-10,12H2,1H3,(H,20,24)(H,22,23). The molecule has 138 valence electrons. The number of ether oxygens (including phenoxy) is 1. The predicted molar refractivity (Wildman–Crippen MR) is 91.7 cm³/mol. The van der Waals surface area contributed by atoms with Gasteiger partial charge in [-0.25, -0.2) is 9.59 Å². The first-order chi connectivity index (χ1) is 12.5. The number of carboxylic acids is 1. The van der Waals surface area contributed by atoms with Gasteiger partial charge in [-0.1, -0.05) is 0 Å². The number of rotatable bonds is 5. The lowest BCUT2D eigenvalue weighted by atomic mass is 9.91. The second-order valence-electron chi connectivity index (χ2n) is 6.21. The molecular formula is C18H21N3O5. The third kappa shape index (κ3) is 3.79. The van der Waals surface area contributed by atoms with Crippen LogP contribution < -0.4 is 10.1 Å². The van der Waals surface area contributed by atoms with Crippen LogP contribution in [0.4, 0.5) is 4.79 Å². The number of nitrogens with zero attached hydrogens (tertiary/aromatic N) is 2. The van der Waals surface area contributed by atoms with Gasteiger partial charge in [0.05, 0.1) is 18.5 Å². The number of urea groups is 1. The predicted octanol–water partition coefficient (Wildman–Crippen LogP) is 2.19. The summed E-state index contributed by atoms with van der Waals surface area (Å²) in [5, 5.41) is 12.5. The maximum atomic E-state index is 12.3. The summed E-state index contributed by atoms with van der Waals surface area (Å²) in [7, 11) is 0. The number of hydrogen-bond donors (Lipinski definition) is 2. The monoisotopic (exact) mass is 359 g/mol. The number of carboxylic acid groups (broad SMARTS) is 1. The van der Waals surface area contributed by atoms with E-state index in [1.807, 2.05) is 0 Å². The molecule has 2 aromatic heterocycles. The van der Waals surface area contributed by atoms with Gasteiger partial charge in [0.1, 0.15) is 11.5 Å². The summed E-state index contributed by atoms with van der Waals surface area (Å²) in [6.45, 7) is 2.63. The second kappa shape index (κ2) is 7.47. The van der Waals surface area contributed by atoms with Crippen LogP contribution in [0.5, 0.6) is 5.75 Å². The number of carbonyl (C=O) groups excluding carboxylic acids is 1. The average Bonchev–Trinajstić information content (AvgIpc) is 3.16. The molecule has 0 saturated carbocycles. The maximum Gasteiger partial charge on any atom is 0.348 e. The van der Waals surface area contributed by atoms with E-state index < -0.39 is 11.6 Å². The van der Waals surface area contributed by atoms with E-state index in [1.165, 1.54) is 0 Å². The molecule has 1 saturated heterocycles. The molecule has 0 aliphatic carbocycles. The number of aryl methyl sites for hydroxylation is 1. The molecule has 2 amide bonds. The van der Waals surface area contributed by atoms with Crippen LogP contribution in [0.15, 0.2) is 41.1 Å². The Labute approximate surface area is 150 Å². The van der Waals surface area contributed by atoms with Crippen molar-refractivity contribution in [1.82, 2.24) is 15.2 Å². The summed E-state index contributed by atoms with van der Waals surface area (Å²) < 4.78 is 11.0. The lowest BCUT2D eigenvalue weighted by Gasteiger charge is -2.38. The number of furan rings is 1. The SMILES string of the molecule is Cc1ncccc1OC1(C(=O)O)CCN(C(=O)NCc2ccco2)CC1. The Kier molecular flexibility index (Phi) is 5.11. The Morgan fingerprint density at radius 3 is 2.73 bits per heavy atom.